The second-order valence-electron chi connectivity index (χ2n) is 5.41. The van der Waals surface area contributed by atoms with Crippen LogP contribution in [0.5, 0.6) is 17.2 Å². The lowest BCUT2D eigenvalue weighted by atomic mass is 10.1. The number of halogens is 3. The van der Waals surface area contributed by atoms with E-state index in [4.69, 9.17) is 9.47 Å². The molecule has 0 unspecified atom stereocenters. The van der Waals surface area contributed by atoms with Crippen molar-refractivity contribution in [3.63, 3.8) is 0 Å². The number of carbonyl (C=O) groups excluding carboxylic acids is 1. The molecule has 0 radical (unpaired) electrons. The van der Waals surface area contributed by atoms with Crippen LogP contribution in [0.25, 0.3) is 0 Å². The van der Waals surface area contributed by atoms with E-state index in [1.54, 1.807) is 25.2 Å². The van der Waals surface area contributed by atoms with Gasteiger partial charge < -0.3 is 19.1 Å². The first-order valence-electron chi connectivity index (χ1n) is 7.55. The van der Waals surface area contributed by atoms with E-state index in [2.05, 4.69) is 4.74 Å². The van der Waals surface area contributed by atoms with Crippen molar-refractivity contribution in [2.24, 2.45) is 0 Å². The van der Waals surface area contributed by atoms with Gasteiger partial charge >= 0.3 is 6.36 Å². The first-order valence-corrected chi connectivity index (χ1v) is 7.55. The van der Waals surface area contributed by atoms with Gasteiger partial charge in [-0.15, -0.1) is 13.2 Å². The van der Waals surface area contributed by atoms with E-state index in [1.165, 1.54) is 31.3 Å². The number of amides is 1. The van der Waals surface area contributed by atoms with Crippen LogP contribution in [-0.2, 0) is 6.54 Å². The number of benzene rings is 2. The van der Waals surface area contributed by atoms with Gasteiger partial charge in [-0.05, 0) is 36.4 Å². The number of methoxy groups -OCH3 is 2. The van der Waals surface area contributed by atoms with Gasteiger partial charge in [-0.2, -0.15) is 0 Å². The van der Waals surface area contributed by atoms with Gasteiger partial charge in [0.15, 0.2) is 0 Å². The zero-order valence-electron chi connectivity index (χ0n) is 14.5. The summed E-state index contributed by atoms with van der Waals surface area (Å²) in [5.74, 6) is 0.465. The molecular weight excluding hydrogens is 351 g/mol. The minimum atomic E-state index is -4.77. The first kappa shape index (κ1) is 19.4. The summed E-state index contributed by atoms with van der Waals surface area (Å²) in [6.07, 6.45) is -4.77. The summed E-state index contributed by atoms with van der Waals surface area (Å²) in [5, 5.41) is 0. The quantitative estimate of drug-likeness (QED) is 0.776. The first-order chi connectivity index (χ1) is 12.2. The molecule has 2 aromatic rings. The van der Waals surface area contributed by atoms with E-state index < -0.39 is 6.36 Å². The van der Waals surface area contributed by atoms with Crippen molar-refractivity contribution in [3.05, 3.63) is 53.6 Å². The minimum Gasteiger partial charge on any atom is -0.497 e. The highest BCUT2D eigenvalue weighted by Crippen LogP contribution is 2.26. The summed E-state index contributed by atoms with van der Waals surface area (Å²) in [6.45, 7) is 0.257. The van der Waals surface area contributed by atoms with Gasteiger partial charge in [0.05, 0.1) is 14.2 Å². The van der Waals surface area contributed by atoms with Gasteiger partial charge in [0.1, 0.15) is 17.2 Å². The molecule has 0 fully saturated rings. The predicted molar refractivity (Wildman–Crippen MR) is 88.5 cm³/mol. The molecule has 8 heteroatoms. The Labute approximate surface area is 148 Å². The summed E-state index contributed by atoms with van der Waals surface area (Å²) in [5.41, 5.74) is 1.01. The fourth-order valence-electron chi connectivity index (χ4n) is 2.33. The fraction of sp³-hybridized carbons (Fsp3) is 0.278. The normalized spacial score (nSPS) is 11.0. The SMILES string of the molecule is COc1ccc(CN(C)C(=O)c2ccc(OC(F)(F)F)cc2)c(OC)c1. The number of carbonyl (C=O) groups is 1. The highest BCUT2D eigenvalue weighted by Gasteiger charge is 2.31. The van der Waals surface area contributed by atoms with Gasteiger partial charge in [0.2, 0.25) is 0 Å². The molecule has 5 nitrogen and oxygen atoms in total. The predicted octanol–water partition coefficient (Wildman–Crippen LogP) is 3.87. The molecule has 2 aromatic carbocycles. The van der Waals surface area contributed by atoms with Crippen LogP contribution in [0.1, 0.15) is 15.9 Å². The van der Waals surface area contributed by atoms with Crippen molar-refractivity contribution in [3.8, 4) is 17.2 Å². The maximum Gasteiger partial charge on any atom is 0.573 e. The molecule has 0 aromatic heterocycles. The molecule has 0 N–H and O–H groups in total. The molecule has 0 saturated carbocycles. The lowest BCUT2D eigenvalue weighted by Crippen LogP contribution is -2.26. The second-order valence-corrected chi connectivity index (χ2v) is 5.41. The highest BCUT2D eigenvalue weighted by atomic mass is 19.4. The van der Waals surface area contributed by atoms with Gasteiger partial charge in [-0.25, -0.2) is 0 Å². The van der Waals surface area contributed by atoms with Crippen LogP contribution in [0.4, 0.5) is 13.2 Å². The van der Waals surface area contributed by atoms with Crippen molar-refractivity contribution < 1.29 is 32.2 Å². The van der Waals surface area contributed by atoms with Crippen molar-refractivity contribution in [2.75, 3.05) is 21.3 Å². The van der Waals surface area contributed by atoms with Crippen molar-refractivity contribution in [1.82, 2.24) is 4.90 Å². The van der Waals surface area contributed by atoms with E-state index in [0.717, 1.165) is 17.7 Å². The van der Waals surface area contributed by atoms with Gasteiger partial charge in [-0.3, -0.25) is 4.79 Å². The van der Waals surface area contributed by atoms with E-state index in [9.17, 15) is 18.0 Å². The highest BCUT2D eigenvalue weighted by molar-refractivity contribution is 5.94. The molecule has 0 bridgehead atoms. The summed E-state index contributed by atoms with van der Waals surface area (Å²) < 4.78 is 50.7. The average Bonchev–Trinajstić information content (AvgIpc) is 2.60. The molecule has 1 amide bonds. The monoisotopic (exact) mass is 369 g/mol. The molecule has 26 heavy (non-hydrogen) atoms. The number of rotatable bonds is 6. The maximum atomic E-state index is 12.5. The third-order valence-corrected chi connectivity index (χ3v) is 3.58. The van der Waals surface area contributed by atoms with Gasteiger partial charge in [-0.1, -0.05) is 0 Å². The summed E-state index contributed by atoms with van der Waals surface area (Å²) in [6, 6.07) is 10.00. The number of nitrogens with zero attached hydrogens (tertiary/aromatic N) is 1. The lowest BCUT2D eigenvalue weighted by Gasteiger charge is -2.19. The summed E-state index contributed by atoms with van der Waals surface area (Å²) in [4.78, 5) is 13.9. The van der Waals surface area contributed by atoms with Crippen LogP contribution in [0.2, 0.25) is 0 Å². The maximum absolute atomic E-state index is 12.5. The van der Waals surface area contributed by atoms with Crippen LogP contribution in [0.15, 0.2) is 42.5 Å². The Hall–Kier alpha value is -2.90. The third-order valence-electron chi connectivity index (χ3n) is 3.58. The molecule has 0 aliphatic heterocycles. The Morgan fingerprint density at radius 1 is 1.00 bits per heavy atom. The summed E-state index contributed by atoms with van der Waals surface area (Å²) >= 11 is 0. The van der Waals surface area contributed by atoms with Crippen molar-refractivity contribution >= 4 is 5.91 Å². The molecule has 0 aliphatic rings. The van der Waals surface area contributed by atoms with E-state index in [0.29, 0.717) is 11.5 Å². The third kappa shape index (κ3) is 5.05. The average molecular weight is 369 g/mol. The molecular formula is C18H18F3NO4. The zero-order valence-corrected chi connectivity index (χ0v) is 14.5. The Balaban J connectivity index is 2.10. The topological polar surface area (TPSA) is 48.0 Å². The number of hydrogen-bond donors (Lipinski definition) is 0. The van der Waals surface area contributed by atoms with Crippen LogP contribution in [0.3, 0.4) is 0 Å². The summed E-state index contributed by atoms with van der Waals surface area (Å²) in [7, 11) is 4.64. The molecule has 0 saturated heterocycles. The zero-order chi connectivity index (χ0) is 19.3. The van der Waals surface area contributed by atoms with Crippen LogP contribution in [-0.4, -0.2) is 38.4 Å². The standard InChI is InChI=1S/C18H18F3NO4/c1-22(11-13-6-9-15(24-2)10-16(13)25-3)17(23)12-4-7-14(8-5-12)26-18(19,20)21/h4-10H,11H2,1-3H3. The molecule has 0 spiro atoms. The van der Waals surface area contributed by atoms with Gasteiger partial charge in [0.25, 0.3) is 5.91 Å². The van der Waals surface area contributed by atoms with Crippen LogP contribution in [0, 0.1) is 0 Å². The smallest absolute Gasteiger partial charge is 0.497 e. The van der Waals surface area contributed by atoms with Crippen molar-refractivity contribution in [2.45, 2.75) is 12.9 Å². The second kappa shape index (κ2) is 7.99. The molecule has 2 rings (SSSR count). The van der Waals surface area contributed by atoms with Crippen LogP contribution < -0.4 is 14.2 Å². The van der Waals surface area contributed by atoms with Gasteiger partial charge in [0, 0.05) is 30.8 Å². The Kier molecular flexibility index (Phi) is 5.97. The largest absolute Gasteiger partial charge is 0.573 e. The Morgan fingerprint density at radius 2 is 1.62 bits per heavy atom. The van der Waals surface area contributed by atoms with Crippen LogP contribution >= 0.6 is 0 Å². The lowest BCUT2D eigenvalue weighted by molar-refractivity contribution is -0.274. The fourth-order valence-corrected chi connectivity index (χ4v) is 2.33. The number of ether oxygens (including phenoxy) is 3. The number of hydrogen-bond acceptors (Lipinski definition) is 4. The Morgan fingerprint density at radius 3 is 2.15 bits per heavy atom. The van der Waals surface area contributed by atoms with E-state index in [1.807, 2.05) is 0 Å². The molecule has 0 heterocycles. The molecule has 140 valence electrons. The molecule has 0 aliphatic carbocycles. The minimum absolute atomic E-state index is 0.245. The Bertz CT molecular complexity index is 760. The van der Waals surface area contributed by atoms with E-state index in [-0.39, 0.29) is 23.8 Å². The molecule has 0 atom stereocenters. The number of alkyl halides is 3. The van der Waals surface area contributed by atoms with E-state index >= 15 is 0 Å². The van der Waals surface area contributed by atoms with Crippen molar-refractivity contribution in [1.29, 1.82) is 0 Å².